The maximum atomic E-state index is 14.8. The Bertz CT molecular complexity index is 1540. The number of methoxy groups -OCH3 is 1. The molecule has 0 spiro atoms. The Labute approximate surface area is 241 Å². The number of ether oxygens (including phenoxy) is 4. The second-order valence-electron chi connectivity index (χ2n) is 10.6. The molecule has 3 aromatic rings. The minimum atomic E-state index is -5.06. The molecule has 2 atom stereocenters. The number of carbonyl (C=O) groups excluding carboxylic acids is 1. The standard InChI is InChI=1S/C30H26F7NO5/c1-14(2)20-9-22(24(40-4)11-23(20)31)21-10-26-25(41-13-42-26)7-17(21)12-38-15(3)27(43-28(38)39)16-5-18(29(32,33)34)8-19(6-16)30(35,36)37/h5-11,14-15,27H,12-13H2,1-4H3/t15-,27-/m0/s1. The Morgan fingerprint density at radius 1 is 0.907 bits per heavy atom. The van der Waals surface area contributed by atoms with Crippen LogP contribution in [0.15, 0.2) is 42.5 Å². The molecule has 6 nitrogen and oxygen atoms in total. The van der Waals surface area contributed by atoms with Gasteiger partial charge in [-0.1, -0.05) is 13.8 Å². The van der Waals surface area contributed by atoms with Crippen LogP contribution in [0.5, 0.6) is 17.2 Å². The molecule has 1 fully saturated rings. The van der Waals surface area contributed by atoms with Crippen LogP contribution in [0.4, 0.5) is 35.5 Å². The third-order valence-electron chi connectivity index (χ3n) is 7.50. The minimum absolute atomic E-state index is 0.0170. The van der Waals surface area contributed by atoms with Gasteiger partial charge >= 0.3 is 18.4 Å². The maximum absolute atomic E-state index is 14.8. The molecule has 1 amide bonds. The number of hydrogen-bond donors (Lipinski definition) is 0. The normalized spacial score (nSPS) is 18.4. The third-order valence-corrected chi connectivity index (χ3v) is 7.50. The van der Waals surface area contributed by atoms with E-state index >= 15 is 0 Å². The Balaban J connectivity index is 1.56. The van der Waals surface area contributed by atoms with Crippen LogP contribution in [0.2, 0.25) is 0 Å². The Kier molecular flexibility index (Phi) is 7.64. The van der Waals surface area contributed by atoms with Crippen LogP contribution < -0.4 is 14.2 Å². The summed E-state index contributed by atoms with van der Waals surface area (Å²) in [5.41, 5.74) is -1.64. The van der Waals surface area contributed by atoms with E-state index in [4.69, 9.17) is 18.9 Å². The predicted molar refractivity (Wildman–Crippen MR) is 139 cm³/mol. The number of nitrogens with zero attached hydrogens (tertiary/aromatic N) is 1. The van der Waals surface area contributed by atoms with Crippen molar-refractivity contribution in [1.82, 2.24) is 4.90 Å². The maximum Gasteiger partial charge on any atom is 0.416 e. The van der Waals surface area contributed by atoms with Crippen LogP contribution in [0, 0.1) is 5.82 Å². The molecule has 0 aromatic heterocycles. The zero-order valence-corrected chi connectivity index (χ0v) is 23.3. The van der Waals surface area contributed by atoms with Gasteiger partial charge in [0.25, 0.3) is 0 Å². The van der Waals surface area contributed by atoms with E-state index in [1.54, 1.807) is 18.2 Å². The number of benzene rings is 3. The zero-order chi connectivity index (χ0) is 31.4. The van der Waals surface area contributed by atoms with Gasteiger partial charge in [-0.3, -0.25) is 4.90 Å². The van der Waals surface area contributed by atoms with Crippen molar-refractivity contribution >= 4 is 6.09 Å². The lowest BCUT2D eigenvalue weighted by atomic mass is 9.92. The molecule has 13 heteroatoms. The van der Waals surface area contributed by atoms with Crippen molar-refractivity contribution in [1.29, 1.82) is 0 Å². The van der Waals surface area contributed by atoms with Crippen LogP contribution in [-0.2, 0) is 23.6 Å². The monoisotopic (exact) mass is 613 g/mol. The SMILES string of the molecule is COc1cc(F)c(C(C)C)cc1-c1cc2c(cc1CN1C(=O)O[C@H](c3cc(C(F)(F)F)cc(C(F)(F)F)c3)[C@@H]1C)OCO2. The molecule has 2 aliphatic rings. The molecule has 3 aromatic carbocycles. The molecule has 0 aliphatic carbocycles. The molecule has 1 saturated heterocycles. The van der Waals surface area contributed by atoms with Gasteiger partial charge in [0.05, 0.1) is 30.8 Å². The summed E-state index contributed by atoms with van der Waals surface area (Å²) in [6.45, 7) is 4.85. The molecule has 0 radical (unpaired) electrons. The summed E-state index contributed by atoms with van der Waals surface area (Å²) in [7, 11) is 1.37. The molecule has 0 saturated carbocycles. The Hall–Kier alpha value is -4.16. The van der Waals surface area contributed by atoms with Crippen LogP contribution >= 0.6 is 0 Å². The van der Waals surface area contributed by atoms with E-state index in [9.17, 15) is 35.5 Å². The molecule has 230 valence electrons. The van der Waals surface area contributed by atoms with Gasteiger partial charge in [0.15, 0.2) is 11.5 Å². The molecule has 5 rings (SSSR count). The summed E-state index contributed by atoms with van der Waals surface area (Å²) in [5, 5.41) is 0. The number of fused-ring (bicyclic) bond motifs is 1. The van der Waals surface area contributed by atoms with Crippen LogP contribution in [-0.4, -0.2) is 30.9 Å². The summed E-state index contributed by atoms with van der Waals surface area (Å²) in [4.78, 5) is 14.3. The van der Waals surface area contributed by atoms with E-state index in [1.807, 2.05) is 13.8 Å². The molecular weight excluding hydrogens is 587 g/mol. The lowest BCUT2D eigenvalue weighted by Crippen LogP contribution is -2.31. The lowest BCUT2D eigenvalue weighted by Gasteiger charge is -2.24. The molecule has 0 N–H and O–H groups in total. The highest BCUT2D eigenvalue weighted by Crippen LogP contribution is 2.45. The highest BCUT2D eigenvalue weighted by atomic mass is 19.4. The molecular formula is C30H26F7NO5. The molecule has 0 bridgehead atoms. The van der Waals surface area contributed by atoms with E-state index in [2.05, 4.69) is 0 Å². The Morgan fingerprint density at radius 3 is 2.07 bits per heavy atom. The van der Waals surface area contributed by atoms with Crippen molar-refractivity contribution in [3.8, 4) is 28.4 Å². The summed E-state index contributed by atoms with van der Waals surface area (Å²) in [5.74, 6) is 0.269. The van der Waals surface area contributed by atoms with Crippen LogP contribution in [0.1, 0.15) is 60.6 Å². The van der Waals surface area contributed by atoms with Gasteiger partial charge < -0.3 is 18.9 Å². The average Bonchev–Trinajstić information content (AvgIpc) is 3.50. The largest absolute Gasteiger partial charge is 0.496 e. The third kappa shape index (κ3) is 5.76. The molecule has 43 heavy (non-hydrogen) atoms. The number of cyclic esters (lactones) is 1. The predicted octanol–water partition coefficient (Wildman–Crippen LogP) is 8.47. The molecule has 2 heterocycles. The smallest absolute Gasteiger partial charge is 0.416 e. The number of carbonyl (C=O) groups is 1. The van der Waals surface area contributed by atoms with Crippen molar-refractivity contribution in [2.45, 2.75) is 57.7 Å². The summed E-state index contributed by atoms with van der Waals surface area (Å²) >= 11 is 0. The second kappa shape index (κ2) is 10.8. The number of rotatable bonds is 6. The fourth-order valence-corrected chi connectivity index (χ4v) is 5.25. The summed E-state index contributed by atoms with van der Waals surface area (Å²) < 4.78 is 118. The van der Waals surface area contributed by atoms with Crippen molar-refractivity contribution in [2.24, 2.45) is 0 Å². The van der Waals surface area contributed by atoms with Crippen molar-refractivity contribution in [2.75, 3.05) is 13.9 Å². The second-order valence-corrected chi connectivity index (χ2v) is 10.6. The fourth-order valence-electron chi connectivity index (χ4n) is 5.25. The van der Waals surface area contributed by atoms with Crippen molar-refractivity contribution in [3.63, 3.8) is 0 Å². The van der Waals surface area contributed by atoms with E-state index in [-0.39, 0.29) is 31.1 Å². The zero-order valence-electron chi connectivity index (χ0n) is 23.3. The summed E-state index contributed by atoms with van der Waals surface area (Å²) in [6.07, 6.45) is -12.5. The number of alkyl halides is 6. The van der Waals surface area contributed by atoms with Crippen molar-refractivity contribution < 1.29 is 54.5 Å². The first-order valence-corrected chi connectivity index (χ1v) is 13.2. The lowest BCUT2D eigenvalue weighted by molar-refractivity contribution is -0.143. The van der Waals surface area contributed by atoms with E-state index < -0.39 is 53.1 Å². The van der Waals surface area contributed by atoms with Gasteiger partial charge in [-0.2, -0.15) is 26.3 Å². The molecule has 2 aliphatic heterocycles. The van der Waals surface area contributed by atoms with E-state index in [1.165, 1.54) is 25.0 Å². The Morgan fingerprint density at radius 2 is 1.51 bits per heavy atom. The van der Waals surface area contributed by atoms with Gasteiger partial charge in [-0.25, -0.2) is 9.18 Å². The number of halogens is 7. The van der Waals surface area contributed by atoms with Gasteiger partial charge in [0, 0.05) is 11.6 Å². The first kappa shape index (κ1) is 30.3. The summed E-state index contributed by atoms with van der Waals surface area (Å²) in [6, 6.07) is 6.26. The van der Waals surface area contributed by atoms with E-state index in [0.717, 1.165) is 0 Å². The number of hydrogen-bond acceptors (Lipinski definition) is 5. The highest BCUT2D eigenvalue weighted by molar-refractivity contribution is 5.78. The first-order valence-electron chi connectivity index (χ1n) is 13.2. The average molecular weight is 614 g/mol. The van der Waals surface area contributed by atoms with Gasteiger partial charge in [-0.15, -0.1) is 0 Å². The quantitative estimate of drug-likeness (QED) is 0.261. The first-order chi connectivity index (χ1) is 20.1. The van der Waals surface area contributed by atoms with Crippen molar-refractivity contribution in [3.05, 3.63) is 76.1 Å². The molecule has 0 unspecified atom stereocenters. The fraction of sp³-hybridized carbons (Fsp3) is 0.367. The van der Waals surface area contributed by atoms with E-state index in [0.29, 0.717) is 45.9 Å². The topological polar surface area (TPSA) is 57.2 Å². The van der Waals surface area contributed by atoms with Crippen LogP contribution in [0.25, 0.3) is 11.1 Å². The number of amides is 1. The van der Waals surface area contributed by atoms with Gasteiger partial charge in [-0.05, 0) is 71.5 Å². The van der Waals surface area contributed by atoms with Gasteiger partial charge in [0.1, 0.15) is 17.7 Å². The van der Waals surface area contributed by atoms with Gasteiger partial charge in [0.2, 0.25) is 6.79 Å². The minimum Gasteiger partial charge on any atom is -0.496 e. The van der Waals surface area contributed by atoms with Crippen LogP contribution in [0.3, 0.4) is 0 Å². The highest BCUT2D eigenvalue weighted by Gasteiger charge is 2.43.